The molecule has 0 saturated carbocycles. The van der Waals surface area contributed by atoms with Gasteiger partial charge in [-0.2, -0.15) is 5.26 Å². The molecule has 23 heavy (non-hydrogen) atoms. The first kappa shape index (κ1) is 17.6. The summed E-state index contributed by atoms with van der Waals surface area (Å²) in [6, 6.07) is 1.93. The van der Waals surface area contributed by atoms with Gasteiger partial charge in [-0.25, -0.2) is 4.79 Å². The smallest absolute Gasteiger partial charge is 0.410 e. The van der Waals surface area contributed by atoms with Gasteiger partial charge in [-0.1, -0.05) is 0 Å². The number of nitriles is 1. The first-order chi connectivity index (χ1) is 10.8. The number of hydrogen-bond acceptors (Lipinski definition) is 4. The summed E-state index contributed by atoms with van der Waals surface area (Å²) in [5.74, 6) is 0.762. The number of piperidine rings is 1. The molecule has 2 aliphatic heterocycles. The molecule has 2 heterocycles. The molecular weight excluding hydrogens is 294 g/mol. The molecule has 2 fully saturated rings. The van der Waals surface area contributed by atoms with Gasteiger partial charge in [-0.05, 0) is 51.9 Å². The van der Waals surface area contributed by atoms with E-state index in [0.29, 0.717) is 24.9 Å². The SMILES string of the molecule is CC(C)(C)OC(=O)N1CCC(C2CCCN(C(=O)CC#N)C2)C1. The standard InChI is InChI=1S/C17H27N3O3/c1-17(2,3)23-16(22)20-10-7-14(12-20)13-5-4-9-19(11-13)15(21)6-8-18/h13-14H,4-7,9-12H2,1-3H3. The van der Waals surface area contributed by atoms with Gasteiger partial charge in [-0.15, -0.1) is 0 Å². The van der Waals surface area contributed by atoms with Crippen molar-refractivity contribution < 1.29 is 14.3 Å². The highest BCUT2D eigenvalue weighted by molar-refractivity contribution is 5.78. The molecule has 128 valence electrons. The molecule has 0 aliphatic carbocycles. The van der Waals surface area contributed by atoms with Crippen molar-refractivity contribution in [2.45, 2.75) is 52.1 Å². The fourth-order valence-corrected chi connectivity index (χ4v) is 3.47. The Morgan fingerprint density at radius 2 is 1.78 bits per heavy atom. The summed E-state index contributed by atoms with van der Waals surface area (Å²) in [4.78, 5) is 27.7. The molecule has 2 amide bonds. The molecule has 2 saturated heterocycles. The van der Waals surface area contributed by atoms with Crippen LogP contribution in [0.15, 0.2) is 0 Å². The van der Waals surface area contributed by atoms with Gasteiger partial charge >= 0.3 is 6.09 Å². The van der Waals surface area contributed by atoms with Crippen LogP contribution in [0.2, 0.25) is 0 Å². The lowest BCUT2D eigenvalue weighted by Gasteiger charge is -2.35. The average Bonchev–Trinajstić information content (AvgIpc) is 2.96. The summed E-state index contributed by atoms with van der Waals surface area (Å²) >= 11 is 0. The molecule has 0 aromatic heterocycles. The highest BCUT2D eigenvalue weighted by Crippen LogP contribution is 2.31. The van der Waals surface area contributed by atoms with Gasteiger partial charge in [0.2, 0.25) is 5.91 Å². The van der Waals surface area contributed by atoms with Crippen LogP contribution in [0.3, 0.4) is 0 Å². The number of likely N-dealkylation sites (tertiary alicyclic amines) is 2. The number of carbonyl (C=O) groups excluding carboxylic acids is 2. The zero-order chi connectivity index (χ0) is 17.0. The normalized spacial score (nSPS) is 25.1. The first-order valence-electron chi connectivity index (χ1n) is 8.43. The second kappa shape index (κ2) is 7.20. The van der Waals surface area contributed by atoms with E-state index >= 15 is 0 Å². The van der Waals surface area contributed by atoms with Crippen LogP contribution in [0.4, 0.5) is 4.79 Å². The van der Waals surface area contributed by atoms with Gasteiger partial charge in [0.25, 0.3) is 0 Å². The zero-order valence-electron chi connectivity index (χ0n) is 14.4. The average molecular weight is 321 g/mol. The van der Waals surface area contributed by atoms with E-state index in [2.05, 4.69) is 0 Å². The molecule has 6 nitrogen and oxygen atoms in total. The molecule has 0 bridgehead atoms. The van der Waals surface area contributed by atoms with Gasteiger partial charge in [-0.3, -0.25) is 4.79 Å². The predicted molar refractivity (Wildman–Crippen MR) is 85.4 cm³/mol. The summed E-state index contributed by atoms with van der Waals surface area (Å²) in [5.41, 5.74) is -0.472. The van der Waals surface area contributed by atoms with E-state index in [1.807, 2.05) is 31.7 Å². The molecule has 0 aromatic rings. The Morgan fingerprint density at radius 1 is 1.13 bits per heavy atom. The van der Waals surface area contributed by atoms with Crippen LogP contribution in [0.1, 0.15) is 46.5 Å². The summed E-state index contributed by atoms with van der Waals surface area (Å²) < 4.78 is 5.44. The van der Waals surface area contributed by atoms with E-state index in [0.717, 1.165) is 32.4 Å². The fourth-order valence-electron chi connectivity index (χ4n) is 3.47. The van der Waals surface area contributed by atoms with E-state index in [-0.39, 0.29) is 18.4 Å². The zero-order valence-corrected chi connectivity index (χ0v) is 14.4. The number of nitrogens with zero attached hydrogens (tertiary/aromatic N) is 3. The number of hydrogen-bond donors (Lipinski definition) is 0. The van der Waals surface area contributed by atoms with Crippen LogP contribution in [-0.2, 0) is 9.53 Å². The Bertz CT molecular complexity index is 492. The van der Waals surface area contributed by atoms with Crippen LogP contribution >= 0.6 is 0 Å². The van der Waals surface area contributed by atoms with E-state index in [4.69, 9.17) is 10.00 Å². The van der Waals surface area contributed by atoms with Crippen molar-refractivity contribution in [3.05, 3.63) is 0 Å². The van der Waals surface area contributed by atoms with Crippen molar-refractivity contribution in [3.8, 4) is 6.07 Å². The molecular formula is C17H27N3O3. The van der Waals surface area contributed by atoms with Crippen LogP contribution in [-0.4, -0.2) is 53.6 Å². The third-order valence-corrected chi connectivity index (χ3v) is 4.58. The van der Waals surface area contributed by atoms with Crippen LogP contribution in [0.25, 0.3) is 0 Å². The van der Waals surface area contributed by atoms with Crippen LogP contribution in [0.5, 0.6) is 0 Å². The molecule has 0 radical (unpaired) electrons. The number of rotatable bonds is 2. The van der Waals surface area contributed by atoms with Gasteiger partial charge in [0, 0.05) is 26.2 Å². The van der Waals surface area contributed by atoms with Gasteiger partial charge in [0.1, 0.15) is 12.0 Å². The summed E-state index contributed by atoms with van der Waals surface area (Å²) in [6.07, 6.45) is 2.74. The van der Waals surface area contributed by atoms with Crippen molar-refractivity contribution in [2.75, 3.05) is 26.2 Å². The quantitative estimate of drug-likeness (QED) is 0.783. The summed E-state index contributed by atoms with van der Waals surface area (Å²) in [7, 11) is 0. The molecule has 6 heteroatoms. The van der Waals surface area contributed by atoms with Crippen LogP contribution < -0.4 is 0 Å². The topological polar surface area (TPSA) is 73.6 Å². The van der Waals surface area contributed by atoms with Crippen molar-refractivity contribution in [1.29, 1.82) is 5.26 Å². The molecule has 0 spiro atoms. The van der Waals surface area contributed by atoms with Crippen molar-refractivity contribution >= 4 is 12.0 Å². The lowest BCUT2D eigenvalue weighted by atomic mass is 9.85. The lowest BCUT2D eigenvalue weighted by Crippen LogP contribution is -2.43. The number of ether oxygens (including phenoxy) is 1. The van der Waals surface area contributed by atoms with Crippen molar-refractivity contribution in [1.82, 2.24) is 9.80 Å². The Balaban J connectivity index is 1.87. The van der Waals surface area contributed by atoms with Gasteiger partial charge in [0.05, 0.1) is 6.07 Å². The molecule has 0 aromatic carbocycles. The maximum absolute atomic E-state index is 12.2. The van der Waals surface area contributed by atoms with Crippen molar-refractivity contribution in [3.63, 3.8) is 0 Å². The van der Waals surface area contributed by atoms with E-state index in [1.165, 1.54) is 0 Å². The van der Waals surface area contributed by atoms with Gasteiger partial charge < -0.3 is 14.5 Å². The first-order valence-corrected chi connectivity index (χ1v) is 8.43. The maximum atomic E-state index is 12.2. The summed E-state index contributed by atoms with van der Waals surface area (Å²) in [5, 5.41) is 8.68. The minimum absolute atomic E-state index is 0.0403. The Hall–Kier alpha value is -1.77. The summed E-state index contributed by atoms with van der Waals surface area (Å²) in [6.45, 7) is 8.52. The third kappa shape index (κ3) is 4.85. The second-order valence-electron chi connectivity index (χ2n) is 7.55. The van der Waals surface area contributed by atoms with Crippen molar-refractivity contribution in [2.24, 2.45) is 11.8 Å². The van der Waals surface area contributed by atoms with Crippen LogP contribution in [0, 0.1) is 23.2 Å². The molecule has 2 atom stereocenters. The highest BCUT2D eigenvalue weighted by atomic mass is 16.6. The monoisotopic (exact) mass is 321 g/mol. The largest absolute Gasteiger partial charge is 0.444 e. The number of amides is 2. The Kier molecular flexibility index (Phi) is 5.51. The maximum Gasteiger partial charge on any atom is 0.410 e. The Labute approximate surface area is 138 Å². The van der Waals surface area contributed by atoms with E-state index in [9.17, 15) is 9.59 Å². The lowest BCUT2D eigenvalue weighted by molar-refractivity contribution is -0.132. The fraction of sp³-hybridized carbons (Fsp3) is 0.824. The molecule has 2 aliphatic rings. The minimum Gasteiger partial charge on any atom is -0.444 e. The van der Waals surface area contributed by atoms with E-state index < -0.39 is 5.60 Å². The third-order valence-electron chi connectivity index (χ3n) is 4.58. The predicted octanol–water partition coefficient (Wildman–Crippen LogP) is 2.40. The van der Waals surface area contributed by atoms with Gasteiger partial charge in [0.15, 0.2) is 0 Å². The second-order valence-corrected chi connectivity index (χ2v) is 7.55. The Morgan fingerprint density at radius 3 is 2.43 bits per heavy atom. The molecule has 2 rings (SSSR count). The molecule has 0 N–H and O–H groups in total. The number of carbonyl (C=O) groups is 2. The highest BCUT2D eigenvalue weighted by Gasteiger charge is 2.36. The molecule has 2 unspecified atom stereocenters. The minimum atomic E-state index is -0.472. The van der Waals surface area contributed by atoms with E-state index in [1.54, 1.807) is 4.90 Å².